The molecule has 0 N–H and O–H groups in total. The molecule has 2 atom stereocenters. The highest BCUT2D eigenvalue weighted by Crippen LogP contribution is 2.25. The lowest BCUT2D eigenvalue weighted by Crippen LogP contribution is -2.26. The van der Waals surface area contributed by atoms with Gasteiger partial charge >= 0.3 is 0 Å². The van der Waals surface area contributed by atoms with E-state index in [1.165, 1.54) is 0 Å². The number of aryl methyl sites for hydroxylation is 1. The summed E-state index contributed by atoms with van der Waals surface area (Å²) in [5.41, 5.74) is 1.79. The highest BCUT2D eigenvalue weighted by atomic mass is 32.2. The molecule has 4 heteroatoms. The van der Waals surface area contributed by atoms with E-state index in [4.69, 9.17) is 0 Å². The minimum absolute atomic E-state index is 0.0120. The van der Waals surface area contributed by atoms with Crippen LogP contribution in [0.2, 0.25) is 0 Å². The first-order chi connectivity index (χ1) is 9.77. The Morgan fingerprint density at radius 2 is 1.90 bits per heavy atom. The SMILES string of the molecule is O=C1c2ccccc2CCCC1S(=O)c1ccccn1. The van der Waals surface area contributed by atoms with E-state index in [1.54, 1.807) is 24.4 Å². The number of rotatable bonds is 2. The summed E-state index contributed by atoms with van der Waals surface area (Å²) in [7, 11) is -1.38. The van der Waals surface area contributed by atoms with Gasteiger partial charge in [0.2, 0.25) is 0 Å². The van der Waals surface area contributed by atoms with E-state index < -0.39 is 16.0 Å². The molecule has 1 aromatic carbocycles. The predicted octanol–water partition coefficient (Wildman–Crippen LogP) is 2.78. The van der Waals surface area contributed by atoms with Crippen molar-refractivity contribution < 1.29 is 9.00 Å². The third kappa shape index (κ3) is 2.43. The van der Waals surface area contributed by atoms with Crippen LogP contribution in [-0.2, 0) is 17.2 Å². The number of hydrogen-bond acceptors (Lipinski definition) is 3. The number of aromatic nitrogens is 1. The van der Waals surface area contributed by atoms with Crippen LogP contribution in [0.4, 0.5) is 0 Å². The quantitative estimate of drug-likeness (QED) is 0.797. The second kappa shape index (κ2) is 5.67. The summed E-state index contributed by atoms with van der Waals surface area (Å²) in [4.78, 5) is 16.8. The van der Waals surface area contributed by atoms with Gasteiger partial charge in [-0.05, 0) is 37.0 Å². The largest absolute Gasteiger partial charge is 0.293 e. The molecule has 2 aromatic rings. The summed E-state index contributed by atoms with van der Waals surface area (Å²) in [6.45, 7) is 0. The Morgan fingerprint density at radius 3 is 2.70 bits per heavy atom. The summed E-state index contributed by atoms with van der Waals surface area (Å²) in [6.07, 6.45) is 4.02. The van der Waals surface area contributed by atoms with E-state index in [0.29, 0.717) is 11.4 Å². The highest BCUT2D eigenvalue weighted by molar-refractivity contribution is 7.86. The monoisotopic (exact) mass is 285 g/mol. The van der Waals surface area contributed by atoms with E-state index in [-0.39, 0.29) is 5.78 Å². The van der Waals surface area contributed by atoms with E-state index in [2.05, 4.69) is 4.98 Å². The number of hydrogen-bond donors (Lipinski definition) is 0. The van der Waals surface area contributed by atoms with Crippen molar-refractivity contribution in [1.82, 2.24) is 4.98 Å². The Bertz CT molecular complexity index is 655. The van der Waals surface area contributed by atoms with Crippen molar-refractivity contribution >= 4 is 16.6 Å². The van der Waals surface area contributed by atoms with Crippen molar-refractivity contribution in [1.29, 1.82) is 0 Å². The molecule has 3 nitrogen and oxygen atoms in total. The van der Waals surface area contributed by atoms with Crippen LogP contribution < -0.4 is 0 Å². The average Bonchev–Trinajstić information content (AvgIpc) is 2.67. The zero-order chi connectivity index (χ0) is 13.9. The van der Waals surface area contributed by atoms with Crippen molar-refractivity contribution in [3.05, 3.63) is 59.8 Å². The van der Waals surface area contributed by atoms with Crippen molar-refractivity contribution in [2.75, 3.05) is 0 Å². The van der Waals surface area contributed by atoms with Crippen LogP contribution in [0.1, 0.15) is 28.8 Å². The number of Topliss-reactive ketones (excluding diaryl/α,β-unsaturated/α-hetero) is 1. The zero-order valence-electron chi connectivity index (χ0n) is 11.0. The maximum Gasteiger partial charge on any atom is 0.179 e. The lowest BCUT2D eigenvalue weighted by atomic mass is 10.0. The molecule has 0 aliphatic heterocycles. The van der Waals surface area contributed by atoms with Crippen molar-refractivity contribution in [3.8, 4) is 0 Å². The molecule has 0 radical (unpaired) electrons. The van der Waals surface area contributed by atoms with Crippen molar-refractivity contribution in [2.24, 2.45) is 0 Å². The molecule has 1 heterocycles. The smallest absolute Gasteiger partial charge is 0.179 e. The Labute approximate surface area is 120 Å². The molecule has 0 saturated heterocycles. The van der Waals surface area contributed by atoms with Gasteiger partial charge in [0.05, 0.1) is 10.8 Å². The Morgan fingerprint density at radius 1 is 1.10 bits per heavy atom. The standard InChI is InChI=1S/C16H15NO2S/c18-16-13-8-2-1-6-12(13)7-5-9-14(16)20(19)15-10-3-4-11-17-15/h1-4,6,8,10-11,14H,5,7,9H2. The van der Waals surface area contributed by atoms with Crippen LogP contribution in [0, 0.1) is 0 Å². The molecule has 1 aromatic heterocycles. The van der Waals surface area contributed by atoms with Crippen molar-refractivity contribution in [3.63, 3.8) is 0 Å². The molecule has 1 aliphatic rings. The second-order valence-electron chi connectivity index (χ2n) is 4.87. The molecule has 0 spiro atoms. The van der Waals surface area contributed by atoms with Crippen LogP contribution in [0.5, 0.6) is 0 Å². The van der Waals surface area contributed by atoms with E-state index in [0.717, 1.165) is 24.0 Å². The van der Waals surface area contributed by atoms with Crippen LogP contribution in [0.15, 0.2) is 53.7 Å². The summed E-state index contributed by atoms with van der Waals surface area (Å²) in [5.74, 6) is -0.0120. The topological polar surface area (TPSA) is 47.0 Å². The van der Waals surface area contributed by atoms with Gasteiger partial charge in [-0.3, -0.25) is 9.00 Å². The highest BCUT2D eigenvalue weighted by Gasteiger charge is 2.31. The minimum atomic E-state index is -1.38. The molecular weight excluding hydrogens is 270 g/mol. The van der Waals surface area contributed by atoms with E-state index in [9.17, 15) is 9.00 Å². The molecule has 0 saturated carbocycles. The lowest BCUT2D eigenvalue weighted by Gasteiger charge is -2.12. The first-order valence-electron chi connectivity index (χ1n) is 6.71. The summed E-state index contributed by atoms with van der Waals surface area (Å²) in [6, 6.07) is 12.9. The molecule has 20 heavy (non-hydrogen) atoms. The van der Waals surface area contributed by atoms with Crippen LogP contribution >= 0.6 is 0 Å². The van der Waals surface area contributed by atoms with Gasteiger partial charge in [-0.2, -0.15) is 0 Å². The minimum Gasteiger partial charge on any atom is -0.293 e. The number of nitrogens with zero attached hydrogens (tertiary/aromatic N) is 1. The van der Waals surface area contributed by atoms with Gasteiger partial charge in [0.1, 0.15) is 10.3 Å². The van der Waals surface area contributed by atoms with Gasteiger partial charge in [0.25, 0.3) is 0 Å². The fourth-order valence-corrected chi connectivity index (χ4v) is 3.95. The predicted molar refractivity (Wildman–Crippen MR) is 78.1 cm³/mol. The maximum absolute atomic E-state index is 12.6. The number of benzene rings is 1. The fourth-order valence-electron chi connectivity index (χ4n) is 2.58. The van der Waals surface area contributed by atoms with Gasteiger partial charge in [-0.1, -0.05) is 30.3 Å². The average molecular weight is 285 g/mol. The van der Waals surface area contributed by atoms with E-state index >= 15 is 0 Å². The molecule has 0 amide bonds. The summed E-state index contributed by atoms with van der Waals surface area (Å²) in [5, 5.41) is 0.0128. The first-order valence-corrected chi connectivity index (χ1v) is 7.92. The third-order valence-electron chi connectivity index (χ3n) is 3.59. The Balaban J connectivity index is 1.95. The lowest BCUT2D eigenvalue weighted by molar-refractivity contribution is 0.0987. The van der Waals surface area contributed by atoms with Gasteiger partial charge in [0.15, 0.2) is 5.78 Å². The number of pyridine rings is 1. The normalized spacial score (nSPS) is 20.0. The summed E-state index contributed by atoms with van der Waals surface area (Å²) >= 11 is 0. The Kier molecular flexibility index (Phi) is 3.74. The van der Waals surface area contributed by atoms with Crippen LogP contribution in [-0.4, -0.2) is 20.2 Å². The van der Waals surface area contributed by atoms with E-state index in [1.807, 2.05) is 24.3 Å². The van der Waals surface area contributed by atoms with Gasteiger partial charge in [-0.25, -0.2) is 4.98 Å². The third-order valence-corrected chi connectivity index (χ3v) is 5.21. The molecule has 2 unspecified atom stereocenters. The molecule has 3 rings (SSSR count). The summed E-state index contributed by atoms with van der Waals surface area (Å²) < 4.78 is 12.6. The number of carbonyl (C=O) groups is 1. The number of carbonyl (C=O) groups excluding carboxylic acids is 1. The van der Waals surface area contributed by atoms with Crippen LogP contribution in [0.25, 0.3) is 0 Å². The molecule has 102 valence electrons. The Hall–Kier alpha value is -1.81. The molecule has 0 bridgehead atoms. The first kappa shape index (κ1) is 13.2. The number of fused-ring (bicyclic) bond motifs is 1. The van der Waals surface area contributed by atoms with Crippen LogP contribution in [0.3, 0.4) is 0 Å². The second-order valence-corrected chi connectivity index (χ2v) is 6.45. The number of ketones is 1. The molecular formula is C16H15NO2S. The molecule has 0 fully saturated rings. The van der Waals surface area contributed by atoms with Gasteiger partial charge in [0, 0.05) is 11.8 Å². The molecule has 1 aliphatic carbocycles. The van der Waals surface area contributed by atoms with Gasteiger partial charge in [-0.15, -0.1) is 0 Å². The fraction of sp³-hybridized carbons (Fsp3) is 0.250. The zero-order valence-corrected chi connectivity index (χ0v) is 11.8. The van der Waals surface area contributed by atoms with Crippen molar-refractivity contribution in [2.45, 2.75) is 29.5 Å². The van der Waals surface area contributed by atoms with Gasteiger partial charge < -0.3 is 0 Å². The maximum atomic E-state index is 12.6.